The number of esters is 2. The zero-order chi connectivity index (χ0) is 33.6. The van der Waals surface area contributed by atoms with E-state index in [1.165, 1.54) is 6.07 Å². The van der Waals surface area contributed by atoms with E-state index in [1.54, 1.807) is 83.3 Å². The number of carbonyl (C=O) groups excluding carboxylic acids is 2. The van der Waals surface area contributed by atoms with Gasteiger partial charge >= 0.3 is 11.9 Å². The topological polar surface area (TPSA) is 123 Å². The van der Waals surface area contributed by atoms with Crippen LogP contribution in [0.5, 0.6) is 28.7 Å². The van der Waals surface area contributed by atoms with Crippen LogP contribution in [0.2, 0.25) is 0 Å². The maximum Gasteiger partial charge on any atom is 0.313 e. The highest BCUT2D eigenvalue weighted by molar-refractivity contribution is 5.76. The molecule has 0 fully saturated rings. The smallest absolute Gasteiger partial charge is 0.313 e. The molecule has 4 aromatic carbocycles. The normalized spacial score (nSPS) is 11.0. The van der Waals surface area contributed by atoms with E-state index in [-0.39, 0.29) is 41.9 Å². The van der Waals surface area contributed by atoms with Crippen LogP contribution in [0.4, 0.5) is 0 Å². The molecule has 3 N–H and O–H groups in total. The van der Waals surface area contributed by atoms with Gasteiger partial charge in [0.2, 0.25) is 0 Å². The molecule has 0 radical (unpaired) electrons. The van der Waals surface area contributed by atoms with E-state index in [0.717, 1.165) is 22.3 Å². The number of hydrogen-bond donors (Lipinski definition) is 3. The third-order valence-corrected chi connectivity index (χ3v) is 6.41. The molecule has 0 saturated carbocycles. The number of ether oxygens (including phenoxy) is 3. The van der Waals surface area contributed by atoms with Crippen LogP contribution < -0.4 is 14.2 Å². The first-order valence-corrected chi connectivity index (χ1v) is 14.8. The minimum Gasteiger partial charge on any atom is -0.508 e. The monoisotopic (exact) mass is 624 g/mol. The molecule has 0 saturated heterocycles. The molecule has 0 atom stereocenters. The Morgan fingerprint density at radius 1 is 0.587 bits per heavy atom. The Kier molecular flexibility index (Phi) is 13.2. The van der Waals surface area contributed by atoms with Crippen molar-refractivity contribution in [2.24, 2.45) is 11.8 Å². The van der Waals surface area contributed by atoms with Gasteiger partial charge in [-0.15, -0.1) is 0 Å². The number of benzene rings is 4. The number of aliphatic hydroxyl groups excluding tert-OH is 1. The van der Waals surface area contributed by atoms with E-state index < -0.39 is 0 Å². The minimum atomic E-state index is -0.265. The molecule has 240 valence electrons. The maximum atomic E-state index is 11.6. The number of carbonyl (C=O) groups is 2. The zero-order valence-electron chi connectivity index (χ0n) is 26.6. The van der Waals surface area contributed by atoms with Gasteiger partial charge in [-0.2, -0.15) is 0 Å². The maximum absolute atomic E-state index is 11.6. The van der Waals surface area contributed by atoms with Crippen LogP contribution in [0.15, 0.2) is 84.9 Å². The minimum absolute atomic E-state index is 0.00981. The summed E-state index contributed by atoms with van der Waals surface area (Å²) in [6, 6.07) is 24.4. The standard InChI is InChI=1S/C20H22O4.C18H18O4/c1-14(2)20(22)24-18-8-6-15(7-9-18)4-5-16-10-17(13-21)12-19(11-16)23-3;1-12(2)18(21)22-17-7-5-13(6-8-17)3-4-14-9-15(19)11-16(20)10-14/h4-12,14,21H,13H2,1-3H3;3-12,19-20H,1-2H3/b5-4+;4-3+. The molecule has 0 aliphatic heterocycles. The van der Waals surface area contributed by atoms with Gasteiger partial charge in [0, 0.05) is 6.07 Å². The van der Waals surface area contributed by atoms with E-state index in [1.807, 2.05) is 54.6 Å². The number of aliphatic hydroxyl groups is 1. The Bertz CT molecular complexity index is 1610. The van der Waals surface area contributed by atoms with Gasteiger partial charge in [0.15, 0.2) is 0 Å². The van der Waals surface area contributed by atoms with Gasteiger partial charge in [0.25, 0.3) is 0 Å². The van der Waals surface area contributed by atoms with Gasteiger partial charge in [-0.05, 0) is 82.4 Å². The summed E-state index contributed by atoms with van der Waals surface area (Å²) in [5.41, 5.74) is 4.31. The Hall–Kier alpha value is -5.34. The van der Waals surface area contributed by atoms with Gasteiger partial charge in [-0.1, -0.05) is 76.3 Å². The highest BCUT2D eigenvalue weighted by atomic mass is 16.5. The summed E-state index contributed by atoms with van der Waals surface area (Å²) in [4.78, 5) is 23.0. The lowest BCUT2D eigenvalue weighted by Gasteiger charge is -2.06. The number of methoxy groups -OCH3 is 1. The first-order chi connectivity index (χ1) is 21.9. The van der Waals surface area contributed by atoms with Crippen molar-refractivity contribution in [3.05, 3.63) is 113 Å². The molecule has 8 nitrogen and oxygen atoms in total. The number of aromatic hydroxyl groups is 2. The lowest BCUT2D eigenvalue weighted by molar-refractivity contribution is -0.138. The highest BCUT2D eigenvalue weighted by Crippen LogP contribution is 2.23. The number of phenols is 2. The van der Waals surface area contributed by atoms with Crippen molar-refractivity contribution in [1.29, 1.82) is 0 Å². The van der Waals surface area contributed by atoms with Crippen LogP contribution in [-0.2, 0) is 16.2 Å². The quantitative estimate of drug-likeness (QED) is 0.0930. The van der Waals surface area contributed by atoms with Crippen molar-refractivity contribution in [2.45, 2.75) is 34.3 Å². The van der Waals surface area contributed by atoms with Crippen molar-refractivity contribution < 1.29 is 39.1 Å². The van der Waals surface area contributed by atoms with E-state index >= 15 is 0 Å². The number of rotatable bonds is 10. The summed E-state index contributed by atoms with van der Waals surface area (Å²) in [6.45, 7) is 7.13. The van der Waals surface area contributed by atoms with Gasteiger partial charge in [-0.3, -0.25) is 9.59 Å². The molecule has 0 bridgehead atoms. The Balaban J connectivity index is 0.000000251. The summed E-state index contributed by atoms with van der Waals surface area (Å²) in [6.07, 6.45) is 7.50. The second-order valence-electron chi connectivity index (χ2n) is 11.0. The van der Waals surface area contributed by atoms with Crippen molar-refractivity contribution in [1.82, 2.24) is 0 Å². The fourth-order valence-corrected chi connectivity index (χ4v) is 3.85. The van der Waals surface area contributed by atoms with Crippen LogP contribution >= 0.6 is 0 Å². The van der Waals surface area contributed by atoms with Crippen LogP contribution in [0, 0.1) is 11.8 Å². The zero-order valence-corrected chi connectivity index (χ0v) is 26.6. The van der Waals surface area contributed by atoms with E-state index in [2.05, 4.69) is 0 Å². The molecule has 8 heteroatoms. The molecule has 0 aliphatic rings. The van der Waals surface area contributed by atoms with Gasteiger partial charge in [0.05, 0.1) is 25.6 Å². The molecule has 0 aromatic heterocycles. The molecule has 0 heterocycles. The van der Waals surface area contributed by atoms with E-state index in [9.17, 15) is 24.9 Å². The fourth-order valence-electron chi connectivity index (χ4n) is 3.85. The second kappa shape index (κ2) is 17.2. The lowest BCUT2D eigenvalue weighted by Crippen LogP contribution is -2.14. The third kappa shape index (κ3) is 11.6. The Morgan fingerprint density at radius 3 is 1.39 bits per heavy atom. The van der Waals surface area contributed by atoms with Crippen LogP contribution in [0.3, 0.4) is 0 Å². The van der Waals surface area contributed by atoms with Crippen molar-refractivity contribution in [2.75, 3.05) is 7.11 Å². The Morgan fingerprint density at radius 2 is 1.00 bits per heavy atom. The highest BCUT2D eigenvalue weighted by Gasteiger charge is 2.10. The van der Waals surface area contributed by atoms with Gasteiger partial charge in [-0.25, -0.2) is 0 Å². The van der Waals surface area contributed by atoms with Crippen LogP contribution in [0.1, 0.15) is 55.5 Å². The first kappa shape index (κ1) is 35.1. The van der Waals surface area contributed by atoms with Crippen LogP contribution in [-0.4, -0.2) is 34.4 Å². The molecule has 0 spiro atoms. The average Bonchev–Trinajstić information content (AvgIpc) is 3.03. The molecule has 4 rings (SSSR count). The number of phenolic OH excluding ortho intramolecular Hbond substituents is 2. The van der Waals surface area contributed by atoms with Crippen molar-refractivity contribution >= 4 is 36.2 Å². The SMILES string of the molecule is CC(C)C(=O)Oc1ccc(/C=C/c2cc(O)cc(O)c2)cc1.COc1cc(/C=C/c2ccc(OC(=O)C(C)C)cc2)cc(CO)c1. The molecule has 46 heavy (non-hydrogen) atoms. The lowest BCUT2D eigenvalue weighted by atomic mass is 10.1. The summed E-state index contributed by atoms with van der Waals surface area (Å²) in [5.74, 6) is 0.935. The molecule has 0 amide bonds. The predicted molar refractivity (Wildman–Crippen MR) is 180 cm³/mol. The molecule has 0 aliphatic carbocycles. The van der Waals surface area contributed by atoms with Crippen LogP contribution in [0.25, 0.3) is 24.3 Å². The third-order valence-electron chi connectivity index (χ3n) is 6.41. The van der Waals surface area contributed by atoms with E-state index in [0.29, 0.717) is 22.8 Å². The molecular formula is C38H40O8. The summed E-state index contributed by atoms with van der Waals surface area (Å²) in [7, 11) is 1.60. The van der Waals surface area contributed by atoms with Crippen molar-refractivity contribution in [3.8, 4) is 28.7 Å². The molecule has 0 unspecified atom stereocenters. The second-order valence-corrected chi connectivity index (χ2v) is 11.0. The largest absolute Gasteiger partial charge is 0.508 e. The number of hydrogen-bond acceptors (Lipinski definition) is 8. The van der Waals surface area contributed by atoms with E-state index in [4.69, 9.17) is 14.2 Å². The summed E-state index contributed by atoms with van der Waals surface area (Å²) < 4.78 is 15.7. The van der Waals surface area contributed by atoms with Gasteiger partial charge < -0.3 is 29.5 Å². The molecular weight excluding hydrogens is 584 g/mol. The van der Waals surface area contributed by atoms with Crippen molar-refractivity contribution in [3.63, 3.8) is 0 Å². The predicted octanol–water partition coefficient (Wildman–Crippen LogP) is 7.75. The first-order valence-electron chi connectivity index (χ1n) is 14.8. The summed E-state index contributed by atoms with van der Waals surface area (Å²) in [5, 5.41) is 28.1. The Labute approximate surface area is 269 Å². The molecule has 4 aromatic rings. The summed E-state index contributed by atoms with van der Waals surface area (Å²) >= 11 is 0. The fraction of sp³-hybridized carbons (Fsp3) is 0.211. The van der Waals surface area contributed by atoms with Gasteiger partial charge in [0.1, 0.15) is 28.7 Å². The average molecular weight is 625 g/mol.